The van der Waals surface area contributed by atoms with E-state index in [2.05, 4.69) is 10.2 Å². The third-order valence-corrected chi connectivity index (χ3v) is 5.08. The number of anilines is 2. The fourth-order valence-corrected chi connectivity index (χ4v) is 3.45. The zero-order chi connectivity index (χ0) is 19.2. The average Bonchev–Trinajstić information content (AvgIpc) is 3.27. The predicted octanol–water partition coefficient (Wildman–Crippen LogP) is 3.33. The van der Waals surface area contributed by atoms with Crippen LogP contribution in [0.5, 0.6) is 5.75 Å². The van der Waals surface area contributed by atoms with Crippen LogP contribution in [0.2, 0.25) is 0 Å². The summed E-state index contributed by atoms with van der Waals surface area (Å²) in [7, 11) is 0. The van der Waals surface area contributed by atoms with E-state index in [0.717, 1.165) is 62.9 Å². The third kappa shape index (κ3) is 4.82. The molecule has 2 fully saturated rings. The Labute approximate surface area is 165 Å². The van der Waals surface area contributed by atoms with E-state index in [4.69, 9.17) is 14.2 Å². The second-order valence-corrected chi connectivity index (χ2v) is 7.07. The van der Waals surface area contributed by atoms with Gasteiger partial charge in [-0.25, -0.2) is 0 Å². The molecule has 2 aromatic carbocycles. The van der Waals surface area contributed by atoms with Gasteiger partial charge in [-0.3, -0.25) is 4.79 Å². The van der Waals surface area contributed by atoms with Crippen molar-refractivity contribution in [2.45, 2.75) is 18.9 Å². The van der Waals surface area contributed by atoms with Gasteiger partial charge in [0.25, 0.3) is 5.91 Å². The summed E-state index contributed by atoms with van der Waals surface area (Å²) in [6.45, 7) is 4.68. The van der Waals surface area contributed by atoms with Crippen molar-refractivity contribution in [2.24, 2.45) is 0 Å². The first-order valence-electron chi connectivity index (χ1n) is 9.86. The highest BCUT2D eigenvalue weighted by atomic mass is 16.5. The largest absolute Gasteiger partial charge is 0.491 e. The minimum absolute atomic E-state index is 0.134. The molecule has 4 rings (SSSR count). The summed E-state index contributed by atoms with van der Waals surface area (Å²) >= 11 is 0. The van der Waals surface area contributed by atoms with Crippen LogP contribution in [0, 0.1) is 0 Å². The van der Waals surface area contributed by atoms with Crippen LogP contribution >= 0.6 is 0 Å². The van der Waals surface area contributed by atoms with Crippen LogP contribution in [0.15, 0.2) is 48.5 Å². The molecule has 0 spiro atoms. The fraction of sp³-hybridized carbons (Fsp3) is 0.409. The molecule has 2 heterocycles. The van der Waals surface area contributed by atoms with Gasteiger partial charge in [-0.15, -0.1) is 0 Å². The van der Waals surface area contributed by atoms with Gasteiger partial charge in [-0.2, -0.15) is 0 Å². The van der Waals surface area contributed by atoms with Gasteiger partial charge < -0.3 is 24.4 Å². The highest BCUT2D eigenvalue weighted by Gasteiger charge is 2.16. The first-order chi connectivity index (χ1) is 13.8. The number of amides is 1. The highest BCUT2D eigenvalue weighted by molar-refractivity contribution is 6.04. The van der Waals surface area contributed by atoms with Crippen molar-refractivity contribution < 1.29 is 19.0 Å². The number of hydrogen-bond acceptors (Lipinski definition) is 5. The van der Waals surface area contributed by atoms with Gasteiger partial charge in [0.15, 0.2) is 0 Å². The normalized spacial score (nSPS) is 19.4. The molecule has 0 bridgehead atoms. The standard InChI is InChI=1S/C22H26N2O4/c25-22(17-3-9-20(10-4-17)28-16-21-2-1-13-27-21)23-18-5-7-19(8-6-18)24-11-14-26-15-12-24/h3-10,21H,1-2,11-16H2,(H,23,25)/t21-/m1/s1. The van der Waals surface area contributed by atoms with Gasteiger partial charge in [-0.05, 0) is 61.4 Å². The molecule has 2 aliphatic heterocycles. The summed E-state index contributed by atoms with van der Waals surface area (Å²) in [5.41, 5.74) is 2.52. The summed E-state index contributed by atoms with van der Waals surface area (Å²) < 4.78 is 16.7. The topological polar surface area (TPSA) is 60.0 Å². The van der Waals surface area contributed by atoms with E-state index in [1.54, 1.807) is 12.1 Å². The van der Waals surface area contributed by atoms with E-state index >= 15 is 0 Å². The quantitative estimate of drug-likeness (QED) is 0.830. The minimum atomic E-state index is -0.134. The Balaban J connectivity index is 1.30. The Kier molecular flexibility index (Phi) is 6.09. The van der Waals surface area contributed by atoms with Crippen LogP contribution in [0.25, 0.3) is 0 Å². The lowest BCUT2D eigenvalue weighted by Crippen LogP contribution is -2.36. The van der Waals surface area contributed by atoms with Gasteiger partial charge in [0.05, 0.1) is 19.3 Å². The second kappa shape index (κ2) is 9.08. The number of benzene rings is 2. The van der Waals surface area contributed by atoms with E-state index in [1.807, 2.05) is 36.4 Å². The molecule has 2 aromatic rings. The maximum absolute atomic E-state index is 12.5. The molecule has 1 amide bonds. The smallest absolute Gasteiger partial charge is 0.255 e. The first kappa shape index (κ1) is 18.8. The van der Waals surface area contributed by atoms with E-state index < -0.39 is 0 Å². The molecule has 0 aliphatic carbocycles. The fourth-order valence-electron chi connectivity index (χ4n) is 3.45. The molecule has 0 saturated carbocycles. The van der Waals surface area contributed by atoms with Crippen molar-refractivity contribution >= 4 is 17.3 Å². The molecule has 2 saturated heterocycles. The van der Waals surface area contributed by atoms with Gasteiger partial charge >= 0.3 is 0 Å². The molecule has 2 aliphatic rings. The van der Waals surface area contributed by atoms with Gasteiger partial charge in [0.2, 0.25) is 0 Å². The van der Waals surface area contributed by atoms with Crippen molar-refractivity contribution in [3.63, 3.8) is 0 Å². The maximum atomic E-state index is 12.5. The lowest BCUT2D eigenvalue weighted by Gasteiger charge is -2.28. The summed E-state index contributed by atoms with van der Waals surface area (Å²) in [6.07, 6.45) is 2.33. The van der Waals surface area contributed by atoms with E-state index in [9.17, 15) is 4.79 Å². The van der Waals surface area contributed by atoms with Gasteiger partial charge in [0.1, 0.15) is 12.4 Å². The summed E-state index contributed by atoms with van der Waals surface area (Å²) in [5.74, 6) is 0.617. The molecule has 28 heavy (non-hydrogen) atoms. The predicted molar refractivity (Wildman–Crippen MR) is 108 cm³/mol. The SMILES string of the molecule is O=C(Nc1ccc(N2CCOCC2)cc1)c1ccc(OC[C@H]2CCCO2)cc1. The van der Waals surface area contributed by atoms with Crippen LogP contribution < -0.4 is 15.0 Å². The molecule has 1 N–H and O–H groups in total. The second-order valence-electron chi connectivity index (χ2n) is 7.07. The molecule has 0 unspecified atom stereocenters. The number of nitrogens with one attached hydrogen (secondary N) is 1. The van der Waals surface area contributed by atoms with Crippen molar-refractivity contribution in [1.82, 2.24) is 0 Å². The number of hydrogen-bond donors (Lipinski definition) is 1. The number of nitrogens with zero attached hydrogens (tertiary/aromatic N) is 1. The monoisotopic (exact) mass is 382 g/mol. The van der Waals surface area contributed by atoms with Crippen molar-refractivity contribution in [3.05, 3.63) is 54.1 Å². The van der Waals surface area contributed by atoms with Gasteiger partial charge in [0, 0.05) is 36.6 Å². The van der Waals surface area contributed by atoms with Crippen LogP contribution in [0.3, 0.4) is 0 Å². The molecule has 0 radical (unpaired) electrons. The number of morpholine rings is 1. The Morgan fingerprint density at radius 3 is 2.46 bits per heavy atom. The zero-order valence-corrected chi connectivity index (χ0v) is 15.9. The molecule has 148 valence electrons. The summed E-state index contributed by atoms with van der Waals surface area (Å²) in [6, 6.07) is 15.1. The van der Waals surface area contributed by atoms with Crippen LogP contribution in [-0.4, -0.2) is 51.5 Å². The Morgan fingerprint density at radius 2 is 1.79 bits per heavy atom. The van der Waals surface area contributed by atoms with E-state index in [0.29, 0.717) is 12.2 Å². The lowest BCUT2D eigenvalue weighted by atomic mass is 10.2. The summed E-state index contributed by atoms with van der Waals surface area (Å²) in [4.78, 5) is 14.8. The van der Waals surface area contributed by atoms with Crippen LogP contribution in [-0.2, 0) is 9.47 Å². The maximum Gasteiger partial charge on any atom is 0.255 e. The zero-order valence-electron chi connectivity index (χ0n) is 15.9. The molecular weight excluding hydrogens is 356 g/mol. The summed E-state index contributed by atoms with van der Waals surface area (Å²) in [5, 5.41) is 2.94. The van der Waals surface area contributed by atoms with Crippen LogP contribution in [0.4, 0.5) is 11.4 Å². The highest BCUT2D eigenvalue weighted by Crippen LogP contribution is 2.20. The average molecular weight is 382 g/mol. The Hall–Kier alpha value is -2.57. The molecular formula is C22H26N2O4. The molecule has 0 aromatic heterocycles. The Morgan fingerprint density at radius 1 is 1.04 bits per heavy atom. The first-order valence-corrected chi connectivity index (χ1v) is 9.86. The number of ether oxygens (including phenoxy) is 3. The number of carbonyl (C=O) groups is 1. The van der Waals surface area contributed by atoms with E-state index in [1.165, 1.54) is 0 Å². The van der Waals surface area contributed by atoms with E-state index in [-0.39, 0.29) is 12.0 Å². The van der Waals surface area contributed by atoms with Crippen LogP contribution in [0.1, 0.15) is 23.2 Å². The van der Waals surface area contributed by atoms with Crippen molar-refractivity contribution in [2.75, 3.05) is 49.7 Å². The number of rotatable bonds is 6. The lowest BCUT2D eigenvalue weighted by molar-refractivity contribution is 0.0679. The molecule has 6 heteroatoms. The Bertz CT molecular complexity index is 764. The van der Waals surface area contributed by atoms with Gasteiger partial charge in [-0.1, -0.05) is 0 Å². The molecule has 1 atom stereocenters. The third-order valence-electron chi connectivity index (χ3n) is 5.08. The number of carbonyl (C=O) groups excluding carboxylic acids is 1. The van der Waals surface area contributed by atoms with Crippen molar-refractivity contribution in [1.29, 1.82) is 0 Å². The minimum Gasteiger partial charge on any atom is -0.491 e. The van der Waals surface area contributed by atoms with Crippen molar-refractivity contribution in [3.8, 4) is 5.75 Å². The molecule has 6 nitrogen and oxygen atoms in total.